The van der Waals surface area contributed by atoms with Crippen LogP contribution in [-0.2, 0) is 10.0 Å². The Morgan fingerprint density at radius 3 is 2.06 bits per heavy atom. The highest BCUT2D eigenvalue weighted by Crippen LogP contribution is 2.24. The molecule has 0 bridgehead atoms. The van der Waals surface area contributed by atoms with Gasteiger partial charge in [0.15, 0.2) is 0 Å². The van der Waals surface area contributed by atoms with Crippen molar-refractivity contribution in [2.75, 3.05) is 26.2 Å². The quantitative estimate of drug-likeness (QED) is 0.682. The second-order valence-electron chi connectivity index (χ2n) is 9.48. The van der Waals surface area contributed by atoms with E-state index in [1.54, 1.807) is 18.2 Å². The van der Waals surface area contributed by atoms with Gasteiger partial charge in [-0.05, 0) is 50.7 Å². The minimum Gasteiger partial charge on any atom is -0.349 e. The van der Waals surface area contributed by atoms with Crippen molar-refractivity contribution in [3.05, 3.63) is 29.8 Å². The van der Waals surface area contributed by atoms with E-state index in [1.807, 2.05) is 4.90 Å². The van der Waals surface area contributed by atoms with E-state index in [-0.39, 0.29) is 34.5 Å². The summed E-state index contributed by atoms with van der Waals surface area (Å²) in [4.78, 5) is 27.5. The number of amides is 3. The molecule has 0 aromatic heterocycles. The topological polar surface area (TPSA) is 98.8 Å². The molecular weight excluding hydrogens is 440 g/mol. The van der Waals surface area contributed by atoms with Gasteiger partial charge in [-0.2, -0.15) is 4.31 Å². The number of benzene rings is 1. The highest BCUT2D eigenvalue weighted by molar-refractivity contribution is 7.89. The fourth-order valence-corrected chi connectivity index (χ4v) is 6.83. The highest BCUT2D eigenvalue weighted by atomic mass is 32.2. The van der Waals surface area contributed by atoms with Crippen LogP contribution in [0.25, 0.3) is 0 Å². The van der Waals surface area contributed by atoms with Gasteiger partial charge in [0.2, 0.25) is 10.0 Å². The van der Waals surface area contributed by atoms with Crippen LogP contribution in [0.15, 0.2) is 29.2 Å². The van der Waals surface area contributed by atoms with Gasteiger partial charge in [-0.3, -0.25) is 4.79 Å². The molecule has 3 aliphatic rings. The van der Waals surface area contributed by atoms with Crippen molar-refractivity contribution in [3.63, 3.8) is 0 Å². The SMILES string of the molecule is O=C(NC1CCN(C(=O)NC2CCCCC2)CC1)c1ccccc1S(=O)(=O)N1CCCCC1. The molecule has 182 valence electrons. The van der Waals surface area contributed by atoms with Gasteiger partial charge in [0.25, 0.3) is 5.91 Å². The van der Waals surface area contributed by atoms with Crippen LogP contribution < -0.4 is 10.6 Å². The van der Waals surface area contributed by atoms with Gasteiger partial charge in [-0.1, -0.05) is 37.8 Å². The van der Waals surface area contributed by atoms with Crippen molar-refractivity contribution in [1.29, 1.82) is 0 Å². The molecule has 1 aromatic rings. The molecule has 2 aliphatic heterocycles. The van der Waals surface area contributed by atoms with Gasteiger partial charge >= 0.3 is 6.03 Å². The normalized spacial score (nSPS) is 21.5. The zero-order valence-corrected chi connectivity index (χ0v) is 20.1. The van der Waals surface area contributed by atoms with Crippen LogP contribution in [0.1, 0.15) is 74.6 Å². The number of carbonyl (C=O) groups excluding carboxylic acids is 2. The molecule has 9 heteroatoms. The largest absolute Gasteiger partial charge is 0.349 e. The first kappa shape index (κ1) is 24.0. The molecule has 2 saturated heterocycles. The molecule has 1 aliphatic carbocycles. The number of sulfonamides is 1. The van der Waals surface area contributed by atoms with E-state index in [1.165, 1.54) is 29.6 Å². The zero-order chi connectivity index (χ0) is 23.3. The van der Waals surface area contributed by atoms with Crippen molar-refractivity contribution in [2.24, 2.45) is 0 Å². The van der Waals surface area contributed by atoms with Crippen molar-refractivity contribution in [2.45, 2.75) is 81.2 Å². The van der Waals surface area contributed by atoms with Crippen molar-refractivity contribution in [1.82, 2.24) is 19.8 Å². The van der Waals surface area contributed by atoms with Gasteiger partial charge < -0.3 is 15.5 Å². The average Bonchev–Trinajstić information content (AvgIpc) is 2.85. The number of piperidine rings is 2. The lowest BCUT2D eigenvalue weighted by atomic mass is 9.95. The van der Waals surface area contributed by atoms with E-state index in [0.717, 1.165) is 32.1 Å². The Balaban J connectivity index is 1.33. The number of carbonyl (C=O) groups is 2. The molecule has 3 fully saturated rings. The minimum atomic E-state index is -3.70. The molecule has 2 N–H and O–H groups in total. The highest BCUT2D eigenvalue weighted by Gasteiger charge is 2.31. The lowest BCUT2D eigenvalue weighted by Crippen LogP contribution is -2.51. The third-order valence-corrected chi connectivity index (χ3v) is 9.07. The van der Waals surface area contributed by atoms with Crippen LogP contribution in [0.4, 0.5) is 4.79 Å². The Bertz CT molecular complexity index is 932. The maximum absolute atomic E-state index is 13.2. The van der Waals surface area contributed by atoms with Gasteiger partial charge in [-0.15, -0.1) is 0 Å². The van der Waals surface area contributed by atoms with E-state index in [0.29, 0.717) is 39.0 Å². The summed E-state index contributed by atoms with van der Waals surface area (Å²) < 4.78 is 27.9. The number of nitrogens with zero attached hydrogens (tertiary/aromatic N) is 2. The molecule has 0 atom stereocenters. The molecule has 4 rings (SSSR count). The molecule has 1 aromatic carbocycles. The van der Waals surface area contributed by atoms with Gasteiger partial charge in [-0.25, -0.2) is 13.2 Å². The van der Waals surface area contributed by atoms with Crippen LogP contribution in [-0.4, -0.2) is 67.8 Å². The monoisotopic (exact) mass is 476 g/mol. The molecule has 0 spiro atoms. The second-order valence-corrected chi connectivity index (χ2v) is 11.4. The predicted molar refractivity (Wildman–Crippen MR) is 127 cm³/mol. The Hall–Kier alpha value is -2.13. The van der Waals surface area contributed by atoms with E-state index in [2.05, 4.69) is 10.6 Å². The summed E-state index contributed by atoms with van der Waals surface area (Å²) in [6.45, 7) is 2.16. The first-order valence-electron chi connectivity index (χ1n) is 12.4. The molecule has 3 amide bonds. The van der Waals surface area contributed by atoms with E-state index >= 15 is 0 Å². The van der Waals surface area contributed by atoms with Crippen LogP contribution in [0.3, 0.4) is 0 Å². The summed E-state index contributed by atoms with van der Waals surface area (Å²) in [5, 5.41) is 6.16. The summed E-state index contributed by atoms with van der Waals surface area (Å²) >= 11 is 0. The number of likely N-dealkylation sites (tertiary alicyclic amines) is 1. The maximum atomic E-state index is 13.2. The van der Waals surface area contributed by atoms with E-state index in [9.17, 15) is 18.0 Å². The van der Waals surface area contributed by atoms with Crippen molar-refractivity contribution < 1.29 is 18.0 Å². The summed E-state index contributed by atoms with van der Waals surface area (Å²) in [5.41, 5.74) is 0.195. The van der Waals surface area contributed by atoms with E-state index in [4.69, 9.17) is 0 Å². The van der Waals surface area contributed by atoms with Crippen LogP contribution in [0, 0.1) is 0 Å². The summed E-state index contributed by atoms with van der Waals surface area (Å²) in [5.74, 6) is -0.365. The fourth-order valence-electron chi connectivity index (χ4n) is 5.13. The zero-order valence-electron chi connectivity index (χ0n) is 19.3. The third kappa shape index (κ3) is 5.87. The predicted octanol–water partition coefficient (Wildman–Crippen LogP) is 3.10. The first-order chi connectivity index (χ1) is 15.9. The average molecular weight is 477 g/mol. The van der Waals surface area contributed by atoms with E-state index < -0.39 is 10.0 Å². The van der Waals surface area contributed by atoms with Crippen LogP contribution >= 0.6 is 0 Å². The summed E-state index contributed by atoms with van der Waals surface area (Å²) in [6.07, 6.45) is 9.75. The lowest BCUT2D eigenvalue weighted by Gasteiger charge is -2.34. The second kappa shape index (κ2) is 10.9. The lowest BCUT2D eigenvalue weighted by molar-refractivity contribution is 0.0914. The standard InChI is InChI=1S/C24H36N4O4S/c29-23(21-11-5-6-12-22(21)33(31,32)28-15-7-2-8-16-28)25-20-13-17-27(18-14-20)24(30)26-19-9-3-1-4-10-19/h5-6,11-12,19-20H,1-4,7-10,13-18H2,(H,25,29)(H,26,30). The van der Waals surface area contributed by atoms with Crippen LogP contribution in [0.2, 0.25) is 0 Å². The Morgan fingerprint density at radius 2 is 1.36 bits per heavy atom. The summed E-state index contributed by atoms with van der Waals surface area (Å²) in [7, 11) is -3.70. The maximum Gasteiger partial charge on any atom is 0.317 e. The van der Waals surface area contributed by atoms with Gasteiger partial charge in [0, 0.05) is 38.3 Å². The number of urea groups is 1. The van der Waals surface area contributed by atoms with Gasteiger partial charge in [0.05, 0.1) is 10.5 Å². The fraction of sp³-hybridized carbons (Fsp3) is 0.667. The van der Waals surface area contributed by atoms with Crippen molar-refractivity contribution >= 4 is 22.0 Å². The van der Waals surface area contributed by atoms with Gasteiger partial charge in [0.1, 0.15) is 0 Å². The molecule has 0 radical (unpaired) electrons. The minimum absolute atomic E-state index is 0.00959. The molecule has 8 nitrogen and oxygen atoms in total. The smallest absolute Gasteiger partial charge is 0.317 e. The number of hydrogen-bond acceptors (Lipinski definition) is 4. The number of hydrogen-bond donors (Lipinski definition) is 2. The first-order valence-corrected chi connectivity index (χ1v) is 13.8. The molecular formula is C24H36N4O4S. The third-order valence-electron chi connectivity index (χ3n) is 7.11. The summed E-state index contributed by atoms with van der Waals surface area (Å²) in [6, 6.07) is 6.66. The molecule has 33 heavy (non-hydrogen) atoms. The molecule has 1 saturated carbocycles. The van der Waals surface area contributed by atoms with Crippen molar-refractivity contribution in [3.8, 4) is 0 Å². The molecule has 0 unspecified atom stereocenters. The molecule has 2 heterocycles. The number of rotatable bonds is 5. The Labute approximate surface area is 197 Å². The van der Waals surface area contributed by atoms with Crippen LogP contribution in [0.5, 0.6) is 0 Å². The Kier molecular flexibility index (Phi) is 7.90. The number of nitrogens with one attached hydrogen (secondary N) is 2. The Morgan fingerprint density at radius 1 is 0.758 bits per heavy atom.